The third-order valence-electron chi connectivity index (χ3n) is 5.99. The van der Waals surface area contributed by atoms with Gasteiger partial charge < -0.3 is 15.2 Å². The summed E-state index contributed by atoms with van der Waals surface area (Å²) in [6.07, 6.45) is 0.261. The molecule has 2 amide bonds. The molecule has 0 radical (unpaired) electrons. The first-order valence-electron chi connectivity index (χ1n) is 11.3. The average Bonchev–Trinajstić information content (AvgIpc) is 3.17. The van der Waals surface area contributed by atoms with E-state index in [0.717, 1.165) is 22.3 Å². The van der Waals surface area contributed by atoms with Crippen molar-refractivity contribution in [1.82, 2.24) is 5.32 Å². The normalized spacial score (nSPS) is 12.9. The predicted octanol–water partition coefficient (Wildman–Crippen LogP) is 5.68. The van der Waals surface area contributed by atoms with Gasteiger partial charge in [-0.1, -0.05) is 73.5 Å². The fraction of sp³-hybridized carbons (Fsp3) is 0.222. The number of hydrogen-bond acceptors (Lipinski definition) is 4. The second-order valence-electron chi connectivity index (χ2n) is 8.30. The number of anilines is 1. The minimum atomic E-state index is -1.10. The second-order valence-corrected chi connectivity index (χ2v) is 8.71. The van der Waals surface area contributed by atoms with E-state index in [1.165, 1.54) is 18.2 Å². The van der Waals surface area contributed by atoms with Crippen LogP contribution in [0.3, 0.4) is 0 Å². The number of amides is 2. The first-order chi connectivity index (χ1) is 16.9. The maximum Gasteiger partial charge on any atom is 0.411 e. The van der Waals surface area contributed by atoms with E-state index in [4.69, 9.17) is 16.3 Å². The third-order valence-corrected chi connectivity index (χ3v) is 6.31. The van der Waals surface area contributed by atoms with Crippen LogP contribution in [0.15, 0.2) is 66.7 Å². The molecule has 3 aromatic rings. The number of carboxylic acids is 1. The Hall–Kier alpha value is -3.84. The topological polar surface area (TPSA) is 105 Å². The summed E-state index contributed by atoms with van der Waals surface area (Å²) in [6.45, 7) is 1.99. The lowest BCUT2D eigenvalue weighted by Gasteiger charge is -2.16. The van der Waals surface area contributed by atoms with Crippen molar-refractivity contribution in [3.63, 3.8) is 0 Å². The maximum atomic E-state index is 12.5. The van der Waals surface area contributed by atoms with Crippen LogP contribution in [0.4, 0.5) is 10.5 Å². The molecule has 0 bridgehead atoms. The molecule has 3 aromatic carbocycles. The number of carbonyl (C=O) groups is 3. The van der Waals surface area contributed by atoms with Crippen LogP contribution in [0, 0.1) is 0 Å². The summed E-state index contributed by atoms with van der Waals surface area (Å²) in [5, 5.41) is 14.5. The Kier molecular flexibility index (Phi) is 7.36. The molecular weight excluding hydrogens is 468 g/mol. The van der Waals surface area contributed by atoms with Gasteiger partial charge in [0.15, 0.2) is 0 Å². The Labute approximate surface area is 208 Å². The molecule has 0 fully saturated rings. The molecular formula is C27H25ClN2O5. The highest BCUT2D eigenvalue weighted by molar-refractivity contribution is 6.34. The van der Waals surface area contributed by atoms with Crippen LogP contribution in [-0.2, 0) is 9.53 Å². The predicted molar refractivity (Wildman–Crippen MR) is 134 cm³/mol. The molecule has 1 unspecified atom stereocenters. The minimum absolute atomic E-state index is 0.0694. The van der Waals surface area contributed by atoms with E-state index in [9.17, 15) is 19.5 Å². The lowest BCUT2D eigenvalue weighted by molar-refractivity contribution is -0.139. The van der Waals surface area contributed by atoms with Crippen LogP contribution in [0.5, 0.6) is 0 Å². The number of halogens is 1. The third kappa shape index (κ3) is 5.30. The van der Waals surface area contributed by atoms with Gasteiger partial charge in [0.1, 0.15) is 12.6 Å². The standard InChI is InChI=1S/C27H25ClN2O5/c1-2-7-24(26(32)33)29-25(31)16-12-13-23(22(28)14-16)30-27(34)35-15-21-19-10-5-3-8-17(19)18-9-4-6-11-20(18)21/h3-6,8-14,21,24H,2,7,15H2,1H3,(H,29,31)(H,30,34)(H,32,33). The molecule has 3 N–H and O–H groups in total. The van der Waals surface area contributed by atoms with Crippen LogP contribution in [0.1, 0.15) is 47.2 Å². The van der Waals surface area contributed by atoms with Gasteiger partial charge in [-0.15, -0.1) is 0 Å². The quantitative estimate of drug-likeness (QED) is 0.375. The molecule has 35 heavy (non-hydrogen) atoms. The van der Waals surface area contributed by atoms with Gasteiger partial charge in [-0.05, 0) is 46.9 Å². The van der Waals surface area contributed by atoms with Crippen LogP contribution in [0.2, 0.25) is 5.02 Å². The molecule has 4 rings (SSSR count). The first kappa shape index (κ1) is 24.3. The summed E-state index contributed by atoms with van der Waals surface area (Å²) in [5.41, 5.74) is 4.96. The van der Waals surface area contributed by atoms with E-state index in [2.05, 4.69) is 22.8 Å². The zero-order valence-corrected chi connectivity index (χ0v) is 19.8. The lowest BCUT2D eigenvalue weighted by Crippen LogP contribution is -2.40. The highest BCUT2D eigenvalue weighted by Crippen LogP contribution is 2.44. The summed E-state index contributed by atoms with van der Waals surface area (Å²) in [5.74, 6) is -1.72. The average molecular weight is 493 g/mol. The molecule has 1 atom stereocenters. The molecule has 0 aromatic heterocycles. The first-order valence-corrected chi connectivity index (χ1v) is 11.7. The number of carboxylic acid groups (broad SMARTS) is 1. The van der Waals surface area contributed by atoms with Gasteiger partial charge in [-0.2, -0.15) is 0 Å². The molecule has 0 aliphatic heterocycles. The van der Waals surface area contributed by atoms with Gasteiger partial charge in [0.2, 0.25) is 0 Å². The van der Waals surface area contributed by atoms with Gasteiger partial charge in [-0.3, -0.25) is 10.1 Å². The molecule has 0 saturated heterocycles. The van der Waals surface area contributed by atoms with Gasteiger partial charge >= 0.3 is 12.1 Å². The number of rotatable bonds is 8. The van der Waals surface area contributed by atoms with Crippen molar-refractivity contribution in [2.75, 3.05) is 11.9 Å². The van der Waals surface area contributed by atoms with Crippen LogP contribution >= 0.6 is 11.6 Å². The zero-order chi connectivity index (χ0) is 24.9. The molecule has 7 nitrogen and oxygen atoms in total. The number of carbonyl (C=O) groups excluding carboxylic acids is 2. The Bertz CT molecular complexity index is 1230. The van der Waals surface area contributed by atoms with Crippen molar-refractivity contribution in [2.45, 2.75) is 31.7 Å². The molecule has 0 heterocycles. The summed E-state index contributed by atoms with van der Waals surface area (Å²) in [7, 11) is 0. The van der Waals surface area contributed by atoms with Crippen molar-refractivity contribution >= 4 is 35.3 Å². The second kappa shape index (κ2) is 10.6. The van der Waals surface area contributed by atoms with Crippen LogP contribution < -0.4 is 10.6 Å². The monoisotopic (exact) mass is 492 g/mol. The van der Waals surface area contributed by atoms with Crippen molar-refractivity contribution in [1.29, 1.82) is 0 Å². The minimum Gasteiger partial charge on any atom is -0.480 e. The Morgan fingerprint density at radius 1 is 1.00 bits per heavy atom. The van der Waals surface area contributed by atoms with Crippen molar-refractivity contribution < 1.29 is 24.2 Å². The van der Waals surface area contributed by atoms with Gasteiger partial charge in [0.05, 0.1) is 10.7 Å². The number of hydrogen-bond donors (Lipinski definition) is 3. The number of aliphatic carboxylic acids is 1. The number of fused-ring (bicyclic) bond motifs is 3. The van der Waals surface area contributed by atoms with Crippen molar-refractivity contribution in [2.24, 2.45) is 0 Å². The number of nitrogens with one attached hydrogen (secondary N) is 2. The summed E-state index contributed by atoms with van der Waals surface area (Å²) < 4.78 is 5.53. The fourth-order valence-corrected chi connectivity index (χ4v) is 4.52. The maximum absolute atomic E-state index is 12.5. The van der Waals surface area contributed by atoms with E-state index in [1.807, 2.05) is 43.3 Å². The van der Waals surface area contributed by atoms with Gasteiger partial charge in [0.25, 0.3) is 5.91 Å². The molecule has 0 spiro atoms. The zero-order valence-electron chi connectivity index (χ0n) is 19.1. The largest absolute Gasteiger partial charge is 0.480 e. The summed E-state index contributed by atoms with van der Waals surface area (Å²) in [6, 6.07) is 19.5. The fourth-order valence-electron chi connectivity index (χ4n) is 4.29. The highest BCUT2D eigenvalue weighted by Gasteiger charge is 2.29. The molecule has 0 saturated carbocycles. The SMILES string of the molecule is CCCC(NC(=O)c1ccc(NC(=O)OCC2c3ccccc3-c3ccccc32)c(Cl)c1)C(=O)O. The molecule has 180 valence electrons. The van der Waals surface area contributed by atoms with Crippen molar-refractivity contribution in [3.05, 3.63) is 88.4 Å². The van der Waals surface area contributed by atoms with Gasteiger partial charge in [0, 0.05) is 11.5 Å². The Morgan fingerprint density at radius 2 is 1.63 bits per heavy atom. The molecule has 1 aliphatic carbocycles. The Morgan fingerprint density at radius 3 is 2.20 bits per heavy atom. The Balaban J connectivity index is 1.39. The highest BCUT2D eigenvalue weighted by atomic mass is 35.5. The molecule has 8 heteroatoms. The van der Waals surface area contributed by atoms with E-state index >= 15 is 0 Å². The number of ether oxygens (including phenoxy) is 1. The van der Waals surface area contributed by atoms with Crippen LogP contribution in [0.25, 0.3) is 11.1 Å². The van der Waals surface area contributed by atoms with Gasteiger partial charge in [-0.25, -0.2) is 9.59 Å². The summed E-state index contributed by atoms with van der Waals surface area (Å²) >= 11 is 6.27. The van der Waals surface area contributed by atoms with Crippen molar-refractivity contribution in [3.8, 4) is 11.1 Å². The number of benzene rings is 3. The van der Waals surface area contributed by atoms with Crippen LogP contribution in [-0.4, -0.2) is 35.7 Å². The van der Waals surface area contributed by atoms with E-state index < -0.39 is 24.0 Å². The molecule has 1 aliphatic rings. The van der Waals surface area contributed by atoms with E-state index in [1.54, 1.807) is 0 Å². The smallest absolute Gasteiger partial charge is 0.411 e. The van der Waals surface area contributed by atoms with E-state index in [0.29, 0.717) is 12.8 Å². The summed E-state index contributed by atoms with van der Waals surface area (Å²) in [4.78, 5) is 36.2. The van der Waals surface area contributed by atoms with E-state index in [-0.39, 0.29) is 28.8 Å². The lowest BCUT2D eigenvalue weighted by atomic mass is 9.98.